The van der Waals surface area contributed by atoms with Gasteiger partial charge in [-0.05, 0) is 5.56 Å². The van der Waals surface area contributed by atoms with Crippen molar-refractivity contribution in [2.45, 2.75) is 15.3 Å². The fourth-order valence-corrected chi connectivity index (χ4v) is 4.06. The summed E-state index contributed by atoms with van der Waals surface area (Å²) in [6.07, 6.45) is -1.43. The van der Waals surface area contributed by atoms with E-state index in [1.165, 1.54) is 14.2 Å². The Morgan fingerprint density at radius 1 is 1.12 bits per heavy atom. The molecular weight excluding hydrogens is 448 g/mol. The summed E-state index contributed by atoms with van der Waals surface area (Å²) in [5, 5.41) is 21.1. The van der Waals surface area contributed by atoms with Crippen molar-refractivity contribution >= 4 is 43.4 Å². The molecule has 2 aliphatic rings. The first-order chi connectivity index (χ1) is 11.3. The van der Waals surface area contributed by atoms with E-state index in [0.29, 0.717) is 5.56 Å². The molecule has 0 aromatic heterocycles. The van der Waals surface area contributed by atoms with Crippen LogP contribution in [0.15, 0.2) is 47.2 Å². The lowest BCUT2D eigenvalue weighted by Crippen LogP contribution is -2.42. The highest BCUT2D eigenvalue weighted by Crippen LogP contribution is 2.56. The molecule has 6 nitrogen and oxygen atoms in total. The number of aliphatic hydroxyl groups excluding tert-OH is 2. The molecule has 0 saturated heterocycles. The molecule has 128 valence electrons. The third-order valence-corrected chi connectivity index (χ3v) is 5.69. The molecule has 3 rings (SSSR count). The third-order valence-electron chi connectivity index (χ3n) is 4.03. The summed E-state index contributed by atoms with van der Waals surface area (Å²) in [6.45, 7) is 0. The molecular formula is C16H14Br2O6. The van der Waals surface area contributed by atoms with E-state index in [1.54, 1.807) is 24.3 Å². The van der Waals surface area contributed by atoms with Crippen LogP contribution in [0.1, 0.15) is 5.56 Å². The maximum atomic E-state index is 12.5. The quantitative estimate of drug-likeness (QED) is 0.409. The fourth-order valence-electron chi connectivity index (χ4n) is 2.90. The summed E-state index contributed by atoms with van der Waals surface area (Å²) in [7, 11) is 2.64. The van der Waals surface area contributed by atoms with E-state index in [2.05, 4.69) is 31.9 Å². The second-order valence-corrected chi connectivity index (χ2v) is 8.82. The molecule has 0 spiro atoms. The Morgan fingerprint density at radius 3 is 2.25 bits per heavy atom. The Labute approximate surface area is 155 Å². The lowest BCUT2D eigenvalue weighted by molar-refractivity contribution is -0.308. The van der Waals surface area contributed by atoms with Gasteiger partial charge in [-0.25, -0.2) is 4.79 Å². The lowest BCUT2D eigenvalue weighted by Gasteiger charge is -2.35. The van der Waals surface area contributed by atoms with E-state index < -0.39 is 21.3 Å². The van der Waals surface area contributed by atoms with Crippen LogP contribution in [0.25, 0.3) is 5.57 Å². The number of alkyl halides is 2. The van der Waals surface area contributed by atoms with Crippen LogP contribution in [0.2, 0.25) is 0 Å². The van der Waals surface area contributed by atoms with Gasteiger partial charge in [0.15, 0.2) is 0 Å². The number of benzene rings is 1. The molecule has 1 aromatic rings. The summed E-state index contributed by atoms with van der Waals surface area (Å²) in [4.78, 5) is 12.5. The summed E-state index contributed by atoms with van der Waals surface area (Å²) >= 11 is 6.52. The standard InChI is InChI=1S/C16H14Br2O6/c1-22-16(23-2)10-9(8-6-4-3-5-7-8)12(19)13(20)15(17,18)11(10)14(21)24-16/h3-7,13,19-20H,1-2H3. The molecule has 1 unspecified atom stereocenters. The predicted octanol–water partition coefficient (Wildman–Crippen LogP) is 2.62. The van der Waals surface area contributed by atoms with Crippen molar-refractivity contribution in [1.29, 1.82) is 0 Å². The Bertz CT molecular complexity index is 749. The smallest absolute Gasteiger partial charge is 0.359 e. The second-order valence-electron chi connectivity index (χ2n) is 5.26. The molecule has 0 bridgehead atoms. The van der Waals surface area contributed by atoms with Gasteiger partial charge < -0.3 is 24.4 Å². The zero-order chi connectivity index (χ0) is 17.7. The van der Waals surface area contributed by atoms with Gasteiger partial charge in [-0.1, -0.05) is 62.2 Å². The van der Waals surface area contributed by atoms with E-state index >= 15 is 0 Å². The molecule has 2 N–H and O–H groups in total. The maximum Gasteiger partial charge on any atom is 0.359 e. The summed E-state index contributed by atoms with van der Waals surface area (Å²) < 4.78 is 14.5. The molecule has 1 aliphatic carbocycles. The zero-order valence-electron chi connectivity index (χ0n) is 12.7. The Morgan fingerprint density at radius 2 is 1.71 bits per heavy atom. The Kier molecular flexibility index (Phi) is 4.38. The van der Waals surface area contributed by atoms with Gasteiger partial charge in [-0.15, -0.1) is 0 Å². The fraction of sp³-hybridized carbons (Fsp3) is 0.312. The first-order valence-corrected chi connectivity index (χ1v) is 8.52. The van der Waals surface area contributed by atoms with E-state index in [0.717, 1.165) is 0 Å². The van der Waals surface area contributed by atoms with Crippen molar-refractivity contribution in [2.24, 2.45) is 0 Å². The monoisotopic (exact) mass is 460 g/mol. The number of halogens is 2. The summed E-state index contributed by atoms with van der Waals surface area (Å²) in [5.74, 6) is -2.90. The van der Waals surface area contributed by atoms with Gasteiger partial charge in [-0.2, -0.15) is 0 Å². The van der Waals surface area contributed by atoms with Crippen molar-refractivity contribution in [3.05, 3.63) is 52.8 Å². The molecule has 0 amide bonds. The second kappa shape index (κ2) is 5.96. The molecule has 1 heterocycles. The van der Waals surface area contributed by atoms with Gasteiger partial charge in [0, 0.05) is 19.8 Å². The lowest BCUT2D eigenvalue weighted by atomic mass is 9.84. The van der Waals surface area contributed by atoms with Crippen LogP contribution < -0.4 is 0 Å². The minimum atomic E-state index is -1.82. The van der Waals surface area contributed by atoms with Crippen LogP contribution >= 0.6 is 31.9 Å². The predicted molar refractivity (Wildman–Crippen MR) is 92.4 cm³/mol. The molecule has 0 fully saturated rings. The molecule has 24 heavy (non-hydrogen) atoms. The van der Waals surface area contributed by atoms with Crippen LogP contribution in [0.5, 0.6) is 0 Å². The van der Waals surface area contributed by atoms with Crippen molar-refractivity contribution < 1.29 is 29.2 Å². The Balaban J connectivity index is 2.37. The maximum absolute atomic E-state index is 12.5. The first kappa shape index (κ1) is 17.6. The SMILES string of the molecule is COC1(OC)OC(=O)C2=C1C(c1ccccc1)=C(O)C(O)C2(Br)Br. The summed E-state index contributed by atoms with van der Waals surface area (Å²) in [5.41, 5.74) is 1.06. The van der Waals surface area contributed by atoms with Crippen LogP contribution in [0.3, 0.4) is 0 Å². The van der Waals surface area contributed by atoms with E-state index in [4.69, 9.17) is 14.2 Å². The number of ether oxygens (including phenoxy) is 3. The van der Waals surface area contributed by atoms with Crippen LogP contribution in [0, 0.1) is 0 Å². The van der Waals surface area contributed by atoms with Crippen molar-refractivity contribution in [1.82, 2.24) is 0 Å². The average Bonchev–Trinajstić information content (AvgIpc) is 2.88. The van der Waals surface area contributed by atoms with Crippen LogP contribution in [-0.2, 0) is 19.0 Å². The number of methoxy groups -OCH3 is 2. The third kappa shape index (κ3) is 2.28. The molecule has 1 aliphatic heterocycles. The van der Waals surface area contributed by atoms with E-state index in [9.17, 15) is 15.0 Å². The number of hydrogen-bond acceptors (Lipinski definition) is 6. The van der Waals surface area contributed by atoms with E-state index in [1.807, 2.05) is 6.07 Å². The van der Waals surface area contributed by atoms with Gasteiger partial charge in [0.25, 0.3) is 0 Å². The van der Waals surface area contributed by atoms with Gasteiger partial charge in [0.2, 0.25) is 0 Å². The number of carbonyl (C=O) groups is 1. The van der Waals surface area contributed by atoms with Crippen molar-refractivity contribution in [3.63, 3.8) is 0 Å². The Hall–Kier alpha value is -1.19. The number of hydrogen-bond donors (Lipinski definition) is 2. The van der Waals surface area contributed by atoms with E-state index in [-0.39, 0.29) is 22.5 Å². The van der Waals surface area contributed by atoms with Crippen LogP contribution in [-0.4, -0.2) is 45.7 Å². The average molecular weight is 462 g/mol. The zero-order valence-corrected chi connectivity index (χ0v) is 15.9. The van der Waals surface area contributed by atoms with Gasteiger partial charge in [0.05, 0.1) is 11.1 Å². The molecule has 1 atom stereocenters. The van der Waals surface area contributed by atoms with Crippen molar-refractivity contribution in [3.8, 4) is 0 Å². The molecule has 0 saturated carbocycles. The largest absolute Gasteiger partial charge is 0.509 e. The number of rotatable bonds is 3. The number of aliphatic hydroxyl groups is 2. The van der Waals surface area contributed by atoms with Gasteiger partial charge >= 0.3 is 11.9 Å². The molecule has 0 radical (unpaired) electrons. The van der Waals surface area contributed by atoms with Gasteiger partial charge in [0.1, 0.15) is 15.1 Å². The normalized spacial score (nSPS) is 24.9. The van der Waals surface area contributed by atoms with Crippen molar-refractivity contribution in [2.75, 3.05) is 14.2 Å². The highest BCUT2D eigenvalue weighted by atomic mass is 79.9. The minimum absolute atomic E-state index is 0.0651. The highest BCUT2D eigenvalue weighted by Gasteiger charge is 2.61. The van der Waals surface area contributed by atoms with Crippen LogP contribution in [0.4, 0.5) is 0 Å². The highest BCUT2D eigenvalue weighted by molar-refractivity contribution is 9.25. The minimum Gasteiger partial charge on any atom is -0.509 e. The molecule has 1 aromatic carbocycles. The number of esters is 1. The number of carbonyl (C=O) groups excluding carboxylic acids is 1. The summed E-state index contributed by atoms with van der Waals surface area (Å²) in [6, 6.07) is 8.82. The first-order valence-electron chi connectivity index (χ1n) is 6.93. The van der Waals surface area contributed by atoms with Gasteiger partial charge in [-0.3, -0.25) is 0 Å². The number of cyclic esters (lactones) is 1. The topological polar surface area (TPSA) is 85.2 Å². The molecule has 8 heteroatoms.